The quantitative estimate of drug-likeness (QED) is 0.532. The average molecular weight is 330 g/mol. The number of rotatable bonds is 3. The molecule has 5 atom stereocenters. The highest BCUT2D eigenvalue weighted by atomic mass is 16.7. The van der Waals surface area contributed by atoms with Crippen molar-refractivity contribution in [2.75, 3.05) is 6.61 Å². The van der Waals surface area contributed by atoms with Crippen LogP contribution in [-0.4, -0.2) is 63.7 Å². The van der Waals surface area contributed by atoms with Crippen molar-refractivity contribution in [2.24, 2.45) is 5.41 Å². The first-order chi connectivity index (χ1) is 10.7. The minimum Gasteiger partial charge on any atom is -0.429 e. The third-order valence-corrected chi connectivity index (χ3v) is 4.73. The molecule has 1 saturated heterocycles. The fourth-order valence-electron chi connectivity index (χ4n) is 3.40. The summed E-state index contributed by atoms with van der Waals surface area (Å²) in [6.07, 6.45) is -4.49. The Hall–Kier alpha value is -0.990. The molecule has 0 spiro atoms. The van der Waals surface area contributed by atoms with Crippen LogP contribution in [0.5, 0.6) is 0 Å². The molecule has 4 N–H and O–H groups in total. The van der Waals surface area contributed by atoms with E-state index in [-0.39, 0.29) is 5.41 Å². The zero-order chi connectivity index (χ0) is 17.4. The third kappa shape index (κ3) is 3.59. The number of allylic oxidation sites excluding steroid dienone is 1. The lowest BCUT2D eigenvalue weighted by molar-refractivity contribution is -0.291. The molecule has 1 aliphatic carbocycles. The summed E-state index contributed by atoms with van der Waals surface area (Å²) in [4.78, 5) is 12.5. The van der Waals surface area contributed by atoms with Gasteiger partial charge in [0.05, 0.1) is 6.61 Å². The summed E-state index contributed by atoms with van der Waals surface area (Å²) in [5.74, 6) is -0.600. The number of aliphatic hydroxyl groups is 4. The molecular weight excluding hydrogens is 304 g/mol. The van der Waals surface area contributed by atoms with Gasteiger partial charge in [0.2, 0.25) is 6.29 Å². The van der Waals surface area contributed by atoms with E-state index in [1.165, 1.54) is 0 Å². The van der Waals surface area contributed by atoms with Gasteiger partial charge in [-0.3, -0.25) is 0 Å². The van der Waals surface area contributed by atoms with E-state index in [4.69, 9.17) is 14.6 Å². The fourth-order valence-corrected chi connectivity index (χ4v) is 3.40. The highest BCUT2D eigenvalue weighted by molar-refractivity contribution is 5.91. The molecule has 7 nitrogen and oxygen atoms in total. The van der Waals surface area contributed by atoms with Crippen LogP contribution in [0.3, 0.4) is 0 Å². The molecule has 2 rings (SSSR count). The molecule has 0 aromatic carbocycles. The van der Waals surface area contributed by atoms with Gasteiger partial charge in [0, 0.05) is 5.57 Å². The van der Waals surface area contributed by atoms with Crippen LogP contribution in [0.4, 0.5) is 0 Å². The number of carbonyl (C=O) groups excluding carboxylic acids is 1. The average Bonchev–Trinajstić information content (AvgIpc) is 2.46. The Balaban J connectivity index is 2.16. The van der Waals surface area contributed by atoms with Crippen molar-refractivity contribution in [1.82, 2.24) is 0 Å². The number of hydrogen-bond donors (Lipinski definition) is 4. The smallest absolute Gasteiger partial charge is 0.336 e. The molecule has 132 valence electrons. The summed E-state index contributed by atoms with van der Waals surface area (Å²) < 4.78 is 10.5. The molecule has 0 saturated carbocycles. The maximum absolute atomic E-state index is 12.5. The molecule has 23 heavy (non-hydrogen) atoms. The number of aliphatic hydroxyl groups excluding tert-OH is 4. The van der Waals surface area contributed by atoms with Gasteiger partial charge in [-0.25, -0.2) is 4.79 Å². The van der Waals surface area contributed by atoms with Gasteiger partial charge in [0.25, 0.3) is 0 Å². The molecule has 1 aliphatic heterocycles. The molecule has 7 heteroatoms. The van der Waals surface area contributed by atoms with E-state index < -0.39 is 43.3 Å². The van der Waals surface area contributed by atoms with Crippen molar-refractivity contribution in [3.63, 3.8) is 0 Å². The van der Waals surface area contributed by atoms with Gasteiger partial charge in [-0.1, -0.05) is 19.4 Å². The minimum absolute atomic E-state index is 0.340. The number of hydrogen-bond acceptors (Lipinski definition) is 7. The Morgan fingerprint density at radius 3 is 2.48 bits per heavy atom. The van der Waals surface area contributed by atoms with Crippen LogP contribution in [0.25, 0.3) is 0 Å². The normalized spacial score (nSPS) is 37.6. The van der Waals surface area contributed by atoms with E-state index in [9.17, 15) is 20.1 Å². The largest absolute Gasteiger partial charge is 0.429 e. The van der Waals surface area contributed by atoms with E-state index >= 15 is 0 Å². The van der Waals surface area contributed by atoms with Crippen molar-refractivity contribution >= 4 is 5.97 Å². The monoisotopic (exact) mass is 330 g/mol. The van der Waals surface area contributed by atoms with Crippen molar-refractivity contribution in [2.45, 2.75) is 70.7 Å². The van der Waals surface area contributed by atoms with Gasteiger partial charge < -0.3 is 29.9 Å². The van der Waals surface area contributed by atoms with Crippen LogP contribution < -0.4 is 0 Å². The molecule has 2 aliphatic rings. The van der Waals surface area contributed by atoms with Gasteiger partial charge in [-0.2, -0.15) is 0 Å². The van der Waals surface area contributed by atoms with Crippen LogP contribution in [-0.2, 0) is 14.3 Å². The molecule has 0 aromatic rings. The number of esters is 1. The topological polar surface area (TPSA) is 116 Å². The SMILES string of the molecule is CC1=C(C(=O)OC2OC(CO)C(O)C(O)C2O)C(C)(C)CCC1. The molecule has 0 amide bonds. The summed E-state index contributed by atoms with van der Waals surface area (Å²) in [7, 11) is 0. The van der Waals surface area contributed by atoms with E-state index in [2.05, 4.69) is 0 Å². The number of carbonyl (C=O) groups is 1. The molecule has 5 unspecified atom stereocenters. The Kier molecular flexibility index (Phi) is 5.48. The summed E-state index contributed by atoms with van der Waals surface area (Å²) in [6, 6.07) is 0. The number of ether oxygens (including phenoxy) is 2. The summed E-state index contributed by atoms with van der Waals surface area (Å²) in [5, 5.41) is 38.6. The van der Waals surface area contributed by atoms with E-state index in [1.54, 1.807) is 0 Å². The lowest BCUT2D eigenvalue weighted by Gasteiger charge is -2.40. The van der Waals surface area contributed by atoms with Crippen LogP contribution in [0.1, 0.15) is 40.0 Å². The molecule has 1 heterocycles. The molecular formula is C16H26O7. The first-order valence-corrected chi connectivity index (χ1v) is 7.90. The van der Waals surface area contributed by atoms with Crippen LogP contribution >= 0.6 is 0 Å². The second kappa shape index (κ2) is 6.86. The lowest BCUT2D eigenvalue weighted by atomic mass is 9.73. The minimum atomic E-state index is -1.58. The maximum Gasteiger partial charge on any atom is 0.336 e. The van der Waals surface area contributed by atoms with E-state index in [1.807, 2.05) is 20.8 Å². The lowest BCUT2D eigenvalue weighted by Crippen LogP contribution is -2.59. The Labute approximate surface area is 135 Å². The Morgan fingerprint density at radius 2 is 1.91 bits per heavy atom. The van der Waals surface area contributed by atoms with Crippen molar-refractivity contribution in [3.8, 4) is 0 Å². The van der Waals surface area contributed by atoms with Gasteiger partial charge in [0.15, 0.2) is 0 Å². The fraction of sp³-hybridized carbons (Fsp3) is 0.812. The van der Waals surface area contributed by atoms with Crippen LogP contribution in [0.15, 0.2) is 11.1 Å². The standard InChI is InChI=1S/C16H26O7/c1-8-5-4-6-16(2,3)10(8)14(21)23-15-13(20)12(19)11(18)9(7-17)22-15/h9,11-13,15,17-20H,4-7H2,1-3H3. The zero-order valence-electron chi connectivity index (χ0n) is 13.7. The van der Waals surface area contributed by atoms with Crippen LogP contribution in [0.2, 0.25) is 0 Å². The second-order valence-corrected chi connectivity index (χ2v) is 7.00. The maximum atomic E-state index is 12.5. The highest BCUT2D eigenvalue weighted by Crippen LogP contribution is 2.41. The van der Waals surface area contributed by atoms with Gasteiger partial charge in [0.1, 0.15) is 24.4 Å². The molecule has 0 bridgehead atoms. The summed E-state index contributed by atoms with van der Waals surface area (Å²) in [6.45, 7) is 5.23. The molecule has 1 fully saturated rings. The Morgan fingerprint density at radius 1 is 1.26 bits per heavy atom. The zero-order valence-corrected chi connectivity index (χ0v) is 13.7. The predicted octanol–water partition coefficient (Wildman–Crippen LogP) is -0.144. The predicted molar refractivity (Wildman–Crippen MR) is 80.2 cm³/mol. The van der Waals surface area contributed by atoms with E-state index in [0.29, 0.717) is 5.57 Å². The van der Waals surface area contributed by atoms with Crippen molar-refractivity contribution < 1.29 is 34.7 Å². The van der Waals surface area contributed by atoms with Gasteiger partial charge >= 0.3 is 5.97 Å². The van der Waals surface area contributed by atoms with Crippen LogP contribution in [0, 0.1) is 5.41 Å². The Bertz CT molecular complexity index is 483. The van der Waals surface area contributed by atoms with E-state index in [0.717, 1.165) is 24.8 Å². The van der Waals surface area contributed by atoms with Gasteiger partial charge in [-0.05, 0) is 31.6 Å². The third-order valence-electron chi connectivity index (χ3n) is 4.73. The molecule has 0 aromatic heterocycles. The molecule has 0 radical (unpaired) electrons. The van der Waals surface area contributed by atoms with Crippen molar-refractivity contribution in [3.05, 3.63) is 11.1 Å². The van der Waals surface area contributed by atoms with Crippen molar-refractivity contribution in [1.29, 1.82) is 0 Å². The summed E-state index contributed by atoms with van der Waals surface area (Å²) in [5.41, 5.74) is 1.16. The highest BCUT2D eigenvalue weighted by Gasteiger charge is 2.46. The first kappa shape index (κ1) is 18.4. The summed E-state index contributed by atoms with van der Waals surface area (Å²) >= 11 is 0. The first-order valence-electron chi connectivity index (χ1n) is 7.90. The second-order valence-electron chi connectivity index (χ2n) is 7.00. The van der Waals surface area contributed by atoms with Gasteiger partial charge in [-0.15, -0.1) is 0 Å².